The van der Waals surface area contributed by atoms with E-state index >= 15 is 0 Å². The van der Waals surface area contributed by atoms with Crippen molar-refractivity contribution >= 4 is 24.6 Å². The minimum absolute atomic E-state index is 0.111. The van der Waals surface area contributed by atoms with Gasteiger partial charge in [0.1, 0.15) is 18.2 Å². The standard InChI is InChI=1S/C27H36BNO6/c1-25(2,3)33-24(31)29-22(23(30)32-18-19-12-9-8-10-13-19)17-20-14-11-15-21(16-20)28-34-26(4,5)27(6,7)35-28/h8-16,22H,17-18H2,1-7H3,(H,29,31)/t22-/m0/s1. The Morgan fingerprint density at radius 3 is 2.14 bits per heavy atom. The molecule has 1 atom stereocenters. The normalized spacial score (nSPS) is 17.5. The highest BCUT2D eigenvalue weighted by Crippen LogP contribution is 2.36. The smallest absolute Gasteiger partial charge is 0.459 e. The van der Waals surface area contributed by atoms with Crippen LogP contribution in [0.3, 0.4) is 0 Å². The van der Waals surface area contributed by atoms with Gasteiger partial charge in [0.2, 0.25) is 0 Å². The van der Waals surface area contributed by atoms with Gasteiger partial charge < -0.3 is 24.1 Å². The predicted octanol–water partition coefficient (Wildman–Crippen LogP) is 4.17. The maximum absolute atomic E-state index is 13.0. The third-order valence-corrected chi connectivity index (χ3v) is 6.12. The van der Waals surface area contributed by atoms with E-state index in [1.807, 2.05) is 82.3 Å². The first kappa shape index (κ1) is 26.8. The van der Waals surface area contributed by atoms with Gasteiger partial charge in [-0.15, -0.1) is 0 Å². The van der Waals surface area contributed by atoms with Gasteiger partial charge in [-0.05, 0) is 65.1 Å². The molecular formula is C27H36BNO6. The first-order valence-corrected chi connectivity index (χ1v) is 11.9. The monoisotopic (exact) mass is 481 g/mol. The van der Waals surface area contributed by atoms with Gasteiger partial charge in [-0.25, -0.2) is 9.59 Å². The average Bonchev–Trinajstić information content (AvgIpc) is 2.98. The number of ether oxygens (including phenoxy) is 2. The zero-order valence-corrected chi connectivity index (χ0v) is 21.7. The summed E-state index contributed by atoms with van der Waals surface area (Å²) in [7, 11) is -0.526. The molecule has 188 valence electrons. The topological polar surface area (TPSA) is 83.1 Å². The highest BCUT2D eigenvalue weighted by Gasteiger charge is 2.51. The number of carbonyl (C=O) groups excluding carboxylic acids is 2. The molecule has 2 aromatic carbocycles. The second kappa shape index (κ2) is 10.4. The first-order valence-electron chi connectivity index (χ1n) is 11.9. The minimum Gasteiger partial charge on any atom is -0.459 e. The minimum atomic E-state index is -0.929. The zero-order valence-electron chi connectivity index (χ0n) is 21.7. The first-order chi connectivity index (χ1) is 16.3. The summed E-state index contributed by atoms with van der Waals surface area (Å²) in [5.74, 6) is -0.541. The maximum atomic E-state index is 13.0. The molecule has 0 radical (unpaired) electrons. The summed E-state index contributed by atoms with van der Waals surface area (Å²) in [5.41, 5.74) is 0.911. The average molecular weight is 481 g/mol. The van der Waals surface area contributed by atoms with Crippen LogP contribution in [0, 0.1) is 0 Å². The fourth-order valence-electron chi connectivity index (χ4n) is 3.55. The number of hydrogen-bond donors (Lipinski definition) is 1. The molecular weight excluding hydrogens is 445 g/mol. The number of carbonyl (C=O) groups is 2. The summed E-state index contributed by atoms with van der Waals surface area (Å²) in [6.07, 6.45) is -0.457. The van der Waals surface area contributed by atoms with E-state index in [-0.39, 0.29) is 13.0 Å². The third-order valence-electron chi connectivity index (χ3n) is 6.12. The van der Waals surface area contributed by atoms with Crippen molar-refractivity contribution in [1.29, 1.82) is 0 Å². The van der Waals surface area contributed by atoms with Gasteiger partial charge in [0.05, 0.1) is 11.2 Å². The van der Waals surface area contributed by atoms with E-state index in [0.29, 0.717) is 0 Å². The summed E-state index contributed by atoms with van der Waals surface area (Å²) in [6.45, 7) is 13.4. The van der Waals surface area contributed by atoms with Crippen LogP contribution in [0.4, 0.5) is 4.79 Å². The fraction of sp³-hybridized carbons (Fsp3) is 0.481. The van der Waals surface area contributed by atoms with Crippen LogP contribution in [0.15, 0.2) is 54.6 Å². The van der Waals surface area contributed by atoms with Crippen LogP contribution in [0.1, 0.15) is 59.6 Å². The molecule has 1 heterocycles. The van der Waals surface area contributed by atoms with Crippen LogP contribution in [0.25, 0.3) is 0 Å². The number of nitrogens with one attached hydrogen (secondary N) is 1. The van der Waals surface area contributed by atoms with Crippen molar-refractivity contribution in [1.82, 2.24) is 5.32 Å². The molecule has 0 aromatic heterocycles. The predicted molar refractivity (Wildman–Crippen MR) is 135 cm³/mol. The van der Waals surface area contributed by atoms with E-state index in [1.165, 1.54) is 0 Å². The van der Waals surface area contributed by atoms with E-state index < -0.39 is 42.0 Å². The van der Waals surface area contributed by atoms with E-state index in [0.717, 1.165) is 16.6 Å². The van der Waals surface area contributed by atoms with Gasteiger partial charge in [-0.1, -0.05) is 54.6 Å². The highest BCUT2D eigenvalue weighted by atomic mass is 16.7. The van der Waals surface area contributed by atoms with Crippen LogP contribution in [-0.4, -0.2) is 42.0 Å². The van der Waals surface area contributed by atoms with Crippen molar-refractivity contribution < 1.29 is 28.4 Å². The lowest BCUT2D eigenvalue weighted by Gasteiger charge is -2.32. The second-order valence-electron chi connectivity index (χ2n) is 10.8. The van der Waals surface area contributed by atoms with Crippen molar-refractivity contribution in [3.63, 3.8) is 0 Å². The second-order valence-corrected chi connectivity index (χ2v) is 10.8. The molecule has 3 rings (SSSR count). The Kier molecular flexibility index (Phi) is 7.97. The van der Waals surface area contributed by atoms with Crippen LogP contribution in [0.5, 0.6) is 0 Å². The fourth-order valence-corrected chi connectivity index (χ4v) is 3.55. The quantitative estimate of drug-likeness (QED) is 0.472. The molecule has 8 heteroatoms. The number of esters is 1. The number of amides is 1. The molecule has 35 heavy (non-hydrogen) atoms. The van der Waals surface area contributed by atoms with E-state index in [9.17, 15) is 9.59 Å². The largest absolute Gasteiger partial charge is 0.494 e. The summed E-state index contributed by atoms with van der Waals surface area (Å²) in [4.78, 5) is 25.5. The van der Waals surface area contributed by atoms with Gasteiger partial charge in [-0.3, -0.25) is 0 Å². The molecule has 0 spiro atoms. The molecule has 0 aliphatic carbocycles. The lowest BCUT2D eigenvalue weighted by Crippen LogP contribution is -2.45. The van der Waals surface area contributed by atoms with Crippen molar-refractivity contribution in [2.75, 3.05) is 0 Å². The Hall–Kier alpha value is -2.84. The third kappa shape index (κ3) is 7.32. The van der Waals surface area contributed by atoms with Crippen molar-refractivity contribution in [3.8, 4) is 0 Å². The van der Waals surface area contributed by atoms with Gasteiger partial charge in [0.25, 0.3) is 0 Å². The Balaban J connectivity index is 1.75. The Morgan fingerprint density at radius 1 is 0.943 bits per heavy atom. The molecule has 1 saturated heterocycles. The lowest BCUT2D eigenvalue weighted by atomic mass is 9.78. The Bertz CT molecular complexity index is 1020. The summed E-state index contributed by atoms with van der Waals surface area (Å²) in [6, 6.07) is 16.1. The van der Waals surface area contributed by atoms with Crippen LogP contribution >= 0.6 is 0 Å². The Morgan fingerprint density at radius 2 is 1.54 bits per heavy atom. The molecule has 0 unspecified atom stereocenters. The molecule has 7 nitrogen and oxygen atoms in total. The summed E-state index contributed by atoms with van der Waals surface area (Å²) >= 11 is 0. The number of benzene rings is 2. The number of alkyl carbamates (subject to hydrolysis) is 1. The maximum Gasteiger partial charge on any atom is 0.494 e. The molecule has 2 aromatic rings. The molecule has 1 aliphatic heterocycles. The van der Waals surface area contributed by atoms with Crippen LogP contribution in [0.2, 0.25) is 0 Å². The van der Waals surface area contributed by atoms with E-state index in [2.05, 4.69) is 5.32 Å². The summed E-state index contributed by atoms with van der Waals surface area (Å²) < 4.78 is 23.2. The lowest BCUT2D eigenvalue weighted by molar-refractivity contribution is -0.147. The SMILES string of the molecule is CC(C)(C)OC(=O)N[C@@H](Cc1cccc(B2OC(C)(C)C(C)(C)O2)c1)C(=O)OCc1ccccc1. The highest BCUT2D eigenvalue weighted by molar-refractivity contribution is 6.62. The van der Waals surface area contributed by atoms with Gasteiger partial charge >= 0.3 is 19.2 Å². The number of hydrogen-bond acceptors (Lipinski definition) is 6. The molecule has 1 amide bonds. The van der Waals surface area contributed by atoms with Crippen molar-refractivity contribution in [2.24, 2.45) is 0 Å². The molecule has 0 saturated carbocycles. The van der Waals surface area contributed by atoms with Gasteiger partial charge in [0.15, 0.2) is 0 Å². The Labute approximate surface area is 208 Å². The number of rotatable bonds is 7. The molecule has 1 aliphatic rings. The van der Waals surface area contributed by atoms with E-state index in [1.54, 1.807) is 20.8 Å². The van der Waals surface area contributed by atoms with E-state index in [4.69, 9.17) is 18.8 Å². The van der Waals surface area contributed by atoms with Crippen molar-refractivity contribution in [3.05, 3.63) is 65.7 Å². The molecule has 1 fully saturated rings. The van der Waals surface area contributed by atoms with Crippen molar-refractivity contribution in [2.45, 2.75) is 84.3 Å². The zero-order chi connectivity index (χ0) is 25.9. The molecule has 1 N–H and O–H groups in total. The van der Waals surface area contributed by atoms with Gasteiger partial charge in [0, 0.05) is 6.42 Å². The summed E-state index contributed by atoms with van der Waals surface area (Å²) in [5, 5.41) is 2.68. The van der Waals surface area contributed by atoms with Crippen LogP contribution in [-0.2, 0) is 36.6 Å². The van der Waals surface area contributed by atoms with Crippen LogP contribution < -0.4 is 10.8 Å². The molecule has 0 bridgehead atoms. The van der Waals surface area contributed by atoms with Gasteiger partial charge in [-0.2, -0.15) is 0 Å².